The van der Waals surface area contributed by atoms with Crippen molar-refractivity contribution in [2.45, 2.75) is 0 Å². The molecule has 3 aromatic rings. The van der Waals surface area contributed by atoms with Crippen molar-refractivity contribution in [3.63, 3.8) is 0 Å². The van der Waals surface area contributed by atoms with E-state index in [0.717, 1.165) is 0 Å². The van der Waals surface area contributed by atoms with Crippen molar-refractivity contribution in [1.82, 2.24) is 0 Å². The molecule has 138 valence electrons. The minimum atomic E-state index is -0.584. The van der Waals surface area contributed by atoms with Crippen LogP contribution in [0.3, 0.4) is 0 Å². The second-order valence-electron chi connectivity index (χ2n) is 5.44. The third-order valence-electron chi connectivity index (χ3n) is 3.50. The average Bonchev–Trinajstić information content (AvgIpc) is 2.62. The summed E-state index contributed by atoms with van der Waals surface area (Å²) in [4.78, 5) is 12.4. The van der Waals surface area contributed by atoms with Crippen molar-refractivity contribution in [1.29, 1.82) is 0 Å². The van der Waals surface area contributed by atoms with E-state index >= 15 is 0 Å². The number of hydrogen-bond acceptors (Lipinski definition) is 3. The maximum Gasteiger partial charge on any atom is 0.259 e. The molecule has 8 heteroatoms. The van der Waals surface area contributed by atoms with E-state index in [-0.39, 0.29) is 26.4 Å². The van der Waals surface area contributed by atoms with Crippen LogP contribution in [0, 0.1) is 0 Å². The Balaban J connectivity index is 1.78. The van der Waals surface area contributed by atoms with Gasteiger partial charge in [0, 0.05) is 15.7 Å². The molecular formula is C19H11Cl4NO3. The predicted octanol–water partition coefficient (Wildman–Crippen LogP) is 7.05. The topological polar surface area (TPSA) is 58.6 Å². The molecule has 0 fully saturated rings. The lowest BCUT2D eigenvalue weighted by molar-refractivity contribution is 0.102. The van der Waals surface area contributed by atoms with E-state index in [0.29, 0.717) is 22.2 Å². The Morgan fingerprint density at radius 3 is 2.22 bits per heavy atom. The molecule has 2 N–H and O–H groups in total. The number of ether oxygens (including phenoxy) is 1. The number of hydrogen-bond donors (Lipinski definition) is 2. The van der Waals surface area contributed by atoms with Gasteiger partial charge in [-0.05, 0) is 54.6 Å². The Hall–Kier alpha value is -2.11. The first-order chi connectivity index (χ1) is 12.8. The number of anilines is 1. The van der Waals surface area contributed by atoms with Gasteiger partial charge in [0.25, 0.3) is 5.91 Å². The van der Waals surface area contributed by atoms with Crippen LogP contribution in [0.2, 0.25) is 20.1 Å². The zero-order valence-electron chi connectivity index (χ0n) is 13.5. The van der Waals surface area contributed by atoms with Crippen LogP contribution in [0.4, 0.5) is 5.69 Å². The third-order valence-corrected chi connectivity index (χ3v) is 4.56. The Labute approximate surface area is 175 Å². The van der Waals surface area contributed by atoms with E-state index < -0.39 is 5.91 Å². The number of benzene rings is 3. The second-order valence-corrected chi connectivity index (χ2v) is 7.13. The molecule has 0 aliphatic carbocycles. The van der Waals surface area contributed by atoms with Crippen LogP contribution in [0.1, 0.15) is 10.4 Å². The molecule has 27 heavy (non-hydrogen) atoms. The van der Waals surface area contributed by atoms with Crippen molar-refractivity contribution < 1.29 is 14.6 Å². The largest absolute Gasteiger partial charge is 0.506 e. The third kappa shape index (κ3) is 4.79. The number of amides is 1. The van der Waals surface area contributed by atoms with E-state index in [1.807, 2.05) is 0 Å². The number of aromatic hydroxyl groups is 1. The SMILES string of the molecule is O=C(Nc1ccc(Oc2ccc(Cl)cc2)c(Cl)c1)c1cc(Cl)cc(Cl)c1O. The standard InChI is InChI=1S/C19H11Cl4NO3/c20-10-1-4-13(5-2-10)27-17-6-3-12(9-15(17)22)24-19(26)14-7-11(21)8-16(23)18(14)25/h1-9,25H,(H,24,26). The molecule has 1 amide bonds. The number of carbonyl (C=O) groups is 1. The summed E-state index contributed by atoms with van der Waals surface area (Å²) in [7, 11) is 0. The Morgan fingerprint density at radius 2 is 1.56 bits per heavy atom. The lowest BCUT2D eigenvalue weighted by atomic mass is 10.1. The van der Waals surface area contributed by atoms with Gasteiger partial charge in [0.2, 0.25) is 0 Å². The molecular weight excluding hydrogens is 432 g/mol. The predicted molar refractivity (Wildman–Crippen MR) is 109 cm³/mol. The van der Waals surface area contributed by atoms with Gasteiger partial charge in [0.15, 0.2) is 0 Å². The Morgan fingerprint density at radius 1 is 0.852 bits per heavy atom. The van der Waals surface area contributed by atoms with Crippen LogP contribution >= 0.6 is 46.4 Å². The molecule has 0 unspecified atom stereocenters. The van der Waals surface area contributed by atoms with Crippen LogP contribution in [-0.2, 0) is 0 Å². The fourth-order valence-electron chi connectivity index (χ4n) is 2.23. The van der Waals surface area contributed by atoms with E-state index in [4.69, 9.17) is 51.1 Å². The lowest BCUT2D eigenvalue weighted by Crippen LogP contribution is -2.12. The van der Waals surface area contributed by atoms with Crippen LogP contribution in [0.25, 0.3) is 0 Å². The van der Waals surface area contributed by atoms with Gasteiger partial charge in [-0.25, -0.2) is 0 Å². The van der Waals surface area contributed by atoms with Gasteiger partial charge in [-0.1, -0.05) is 46.4 Å². The Kier molecular flexibility index (Phi) is 6.02. The van der Waals surface area contributed by atoms with Gasteiger partial charge < -0.3 is 15.2 Å². The fourth-order valence-corrected chi connectivity index (χ4v) is 3.07. The average molecular weight is 443 g/mol. The highest BCUT2D eigenvalue weighted by Gasteiger charge is 2.16. The summed E-state index contributed by atoms with van der Waals surface area (Å²) in [5.74, 6) is 0.0360. The van der Waals surface area contributed by atoms with Crippen LogP contribution in [0.5, 0.6) is 17.2 Å². The normalized spacial score (nSPS) is 10.5. The number of phenolic OH excluding ortho intramolecular Hbond substituents is 1. The number of nitrogens with one attached hydrogen (secondary N) is 1. The number of phenols is 1. The molecule has 4 nitrogen and oxygen atoms in total. The molecule has 0 heterocycles. The maximum atomic E-state index is 12.4. The van der Waals surface area contributed by atoms with Crippen LogP contribution < -0.4 is 10.1 Å². The van der Waals surface area contributed by atoms with Crippen molar-refractivity contribution in [3.8, 4) is 17.2 Å². The van der Waals surface area contributed by atoms with Gasteiger partial charge in [-0.2, -0.15) is 0 Å². The smallest absolute Gasteiger partial charge is 0.259 e. The minimum Gasteiger partial charge on any atom is -0.506 e. The van der Waals surface area contributed by atoms with Gasteiger partial charge in [0.05, 0.1) is 15.6 Å². The second kappa shape index (κ2) is 8.28. The first-order valence-electron chi connectivity index (χ1n) is 7.56. The summed E-state index contributed by atoms with van der Waals surface area (Å²) < 4.78 is 5.68. The number of carbonyl (C=O) groups excluding carboxylic acids is 1. The monoisotopic (exact) mass is 441 g/mol. The summed E-state index contributed by atoms with van der Waals surface area (Å²) in [6.07, 6.45) is 0. The van der Waals surface area contributed by atoms with E-state index in [1.165, 1.54) is 18.2 Å². The van der Waals surface area contributed by atoms with Gasteiger partial charge in [-0.15, -0.1) is 0 Å². The quantitative estimate of drug-likeness (QED) is 0.455. The number of halogens is 4. The minimum absolute atomic E-state index is 0.0163. The molecule has 0 aliphatic rings. The number of rotatable bonds is 4. The molecule has 0 saturated carbocycles. The highest BCUT2D eigenvalue weighted by molar-refractivity contribution is 6.36. The first kappa shape index (κ1) is 19.6. The Bertz CT molecular complexity index is 1010. The van der Waals surface area contributed by atoms with E-state index in [9.17, 15) is 9.90 Å². The molecule has 0 radical (unpaired) electrons. The molecule has 0 aromatic heterocycles. The summed E-state index contributed by atoms with van der Waals surface area (Å²) >= 11 is 23.8. The van der Waals surface area contributed by atoms with Crippen LogP contribution in [-0.4, -0.2) is 11.0 Å². The van der Waals surface area contributed by atoms with Crippen molar-refractivity contribution >= 4 is 58.0 Å². The van der Waals surface area contributed by atoms with E-state index in [2.05, 4.69) is 5.32 Å². The van der Waals surface area contributed by atoms with Gasteiger partial charge in [0.1, 0.15) is 17.2 Å². The molecule has 0 aliphatic heterocycles. The molecule has 0 saturated heterocycles. The zero-order valence-corrected chi connectivity index (χ0v) is 16.5. The fraction of sp³-hybridized carbons (Fsp3) is 0. The first-order valence-corrected chi connectivity index (χ1v) is 9.07. The van der Waals surface area contributed by atoms with Gasteiger partial charge >= 0.3 is 0 Å². The summed E-state index contributed by atoms with van der Waals surface area (Å²) in [6.45, 7) is 0. The maximum absolute atomic E-state index is 12.4. The summed E-state index contributed by atoms with van der Waals surface area (Å²) in [6, 6.07) is 14.2. The van der Waals surface area contributed by atoms with Crippen molar-refractivity contribution in [2.75, 3.05) is 5.32 Å². The molecule has 0 bridgehead atoms. The summed E-state index contributed by atoms with van der Waals surface area (Å²) in [5, 5.41) is 13.7. The molecule has 3 aromatic carbocycles. The zero-order chi connectivity index (χ0) is 19.6. The van der Waals surface area contributed by atoms with E-state index in [1.54, 1.807) is 36.4 Å². The highest BCUT2D eigenvalue weighted by Crippen LogP contribution is 2.34. The van der Waals surface area contributed by atoms with Crippen molar-refractivity contribution in [2.24, 2.45) is 0 Å². The van der Waals surface area contributed by atoms with Gasteiger partial charge in [-0.3, -0.25) is 4.79 Å². The summed E-state index contributed by atoms with van der Waals surface area (Å²) in [5.41, 5.74) is 0.356. The molecule has 0 spiro atoms. The van der Waals surface area contributed by atoms with Crippen molar-refractivity contribution in [3.05, 3.63) is 80.3 Å². The molecule has 3 rings (SSSR count). The molecule has 0 atom stereocenters. The highest BCUT2D eigenvalue weighted by atomic mass is 35.5. The van der Waals surface area contributed by atoms with Crippen LogP contribution in [0.15, 0.2) is 54.6 Å². The lowest BCUT2D eigenvalue weighted by Gasteiger charge is -2.11.